The van der Waals surface area contributed by atoms with Gasteiger partial charge in [-0.2, -0.15) is 11.8 Å². The van der Waals surface area contributed by atoms with E-state index >= 15 is 0 Å². The van der Waals surface area contributed by atoms with Crippen LogP contribution in [0.2, 0.25) is 0 Å². The van der Waals surface area contributed by atoms with Crippen molar-refractivity contribution in [1.29, 1.82) is 0 Å². The average Bonchev–Trinajstić information content (AvgIpc) is 3.03. The molecule has 1 aliphatic heterocycles. The third-order valence-corrected chi connectivity index (χ3v) is 3.79. The van der Waals surface area contributed by atoms with Crippen LogP contribution in [-0.2, 0) is 0 Å². The van der Waals surface area contributed by atoms with Crippen molar-refractivity contribution in [2.75, 3.05) is 31.1 Å². The fourth-order valence-electron chi connectivity index (χ4n) is 1.66. The van der Waals surface area contributed by atoms with Crippen LogP contribution in [0.15, 0.2) is 4.99 Å². The Kier molecular flexibility index (Phi) is 6.11. The van der Waals surface area contributed by atoms with E-state index in [-0.39, 0.29) is 24.0 Å². The van der Waals surface area contributed by atoms with Gasteiger partial charge in [-0.05, 0) is 12.3 Å². The summed E-state index contributed by atoms with van der Waals surface area (Å²) in [5.41, 5.74) is 5.92. The van der Waals surface area contributed by atoms with Crippen LogP contribution in [0.3, 0.4) is 0 Å². The van der Waals surface area contributed by atoms with Gasteiger partial charge in [0.2, 0.25) is 0 Å². The van der Waals surface area contributed by atoms with Crippen LogP contribution >= 0.6 is 35.7 Å². The van der Waals surface area contributed by atoms with E-state index in [1.807, 2.05) is 11.8 Å². The van der Waals surface area contributed by atoms with Gasteiger partial charge in [0.15, 0.2) is 5.96 Å². The van der Waals surface area contributed by atoms with Gasteiger partial charge >= 0.3 is 0 Å². The zero-order valence-corrected chi connectivity index (χ0v) is 12.2. The SMILES string of the molecule is I.NC(=NCCC1CC1)N1CCSCC1. The Morgan fingerprint density at radius 2 is 2.00 bits per heavy atom. The van der Waals surface area contributed by atoms with Crippen LogP contribution < -0.4 is 5.73 Å². The highest BCUT2D eigenvalue weighted by Crippen LogP contribution is 2.32. The minimum atomic E-state index is 0. The highest BCUT2D eigenvalue weighted by atomic mass is 127. The van der Waals surface area contributed by atoms with Gasteiger partial charge in [0.1, 0.15) is 0 Å². The Bertz CT molecular complexity index is 213. The van der Waals surface area contributed by atoms with Crippen LogP contribution in [0.4, 0.5) is 0 Å². The molecular formula is C10H20IN3S. The van der Waals surface area contributed by atoms with Gasteiger partial charge in [0.25, 0.3) is 0 Å². The van der Waals surface area contributed by atoms with Crippen molar-refractivity contribution in [3.63, 3.8) is 0 Å². The average molecular weight is 341 g/mol. The fourth-order valence-corrected chi connectivity index (χ4v) is 2.56. The number of guanidine groups is 1. The zero-order valence-electron chi connectivity index (χ0n) is 9.02. The molecule has 1 saturated carbocycles. The maximum absolute atomic E-state index is 5.92. The maximum Gasteiger partial charge on any atom is 0.191 e. The Balaban J connectivity index is 0.00000112. The molecule has 1 heterocycles. The van der Waals surface area contributed by atoms with Crippen molar-refractivity contribution < 1.29 is 0 Å². The number of halogens is 1. The fraction of sp³-hybridized carbons (Fsp3) is 0.900. The van der Waals surface area contributed by atoms with Gasteiger partial charge in [0, 0.05) is 31.1 Å². The number of nitrogens with zero attached hydrogens (tertiary/aromatic N) is 2. The second kappa shape index (κ2) is 6.83. The van der Waals surface area contributed by atoms with Crippen molar-refractivity contribution in [3.05, 3.63) is 0 Å². The quantitative estimate of drug-likeness (QED) is 0.483. The maximum atomic E-state index is 5.92. The Morgan fingerprint density at radius 3 is 2.60 bits per heavy atom. The van der Waals surface area contributed by atoms with Gasteiger partial charge in [-0.15, -0.1) is 24.0 Å². The first-order valence-corrected chi connectivity index (χ1v) is 6.64. The number of nitrogens with two attached hydrogens (primary N) is 1. The largest absolute Gasteiger partial charge is 0.370 e. The molecule has 0 radical (unpaired) electrons. The molecule has 0 atom stereocenters. The monoisotopic (exact) mass is 341 g/mol. The smallest absolute Gasteiger partial charge is 0.191 e. The van der Waals surface area contributed by atoms with Gasteiger partial charge in [0.05, 0.1) is 0 Å². The molecule has 0 amide bonds. The third-order valence-electron chi connectivity index (χ3n) is 2.84. The van der Waals surface area contributed by atoms with Crippen molar-refractivity contribution in [2.45, 2.75) is 19.3 Å². The predicted octanol–water partition coefficient (Wildman–Crippen LogP) is 1.77. The molecule has 2 N–H and O–H groups in total. The molecule has 0 spiro atoms. The number of thioether (sulfide) groups is 1. The van der Waals surface area contributed by atoms with Crippen molar-refractivity contribution >= 4 is 41.7 Å². The van der Waals surface area contributed by atoms with E-state index in [2.05, 4.69) is 9.89 Å². The summed E-state index contributed by atoms with van der Waals surface area (Å²) in [6.07, 6.45) is 4.06. The van der Waals surface area contributed by atoms with Crippen LogP contribution in [0.1, 0.15) is 19.3 Å². The number of hydrogen-bond acceptors (Lipinski definition) is 2. The molecule has 0 aromatic carbocycles. The summed E-state index contributed by atoms with van der Waals surface area (Å²) in [6.45, 7) is 3.08. The van der Waals surface area contributed by atoms with E-state index in [0.717, 1.165) is 31.5 Å². The summed E-state index contributed by atoms with van der Waals surface area (Å²) >= 11 is 2.00. The third kappa shape index (κ3) is 4.80. The molecule has 0 aromatic rings. The molecule has 0 unspecified atom stereocenters. The van der Waals surface area contributed by atoms with E-state index in [1.54, 1.807) is 0 Å². The lowest BCUT2D eigenvalue weighted by Crippen LogP contribution is -2.42. The molecule has 1 saturated heterocycles. The van der Waals surface area contributed by atoms with E-state index in [0.29, 0.717) is 0 Å². The number of rotatable bonds is 3. The zero-order chi connectivity index (χ0) is 9.80. The van der Waals surface area contributed by atoms with Gasteiger partial charge < -0.3 is 10.6 Å². The van der Waals surface area contributed by atoms with E-state index in [4.69, 9.17) is 5.73 Å². The summed E-state index contributed by atoms with van der Waals surface area (Å²) in [6, 6.07) is 0. The van der Waals surface area contributed by atoms with Crippen LogP contribution in [0.25, 0.3) is 0 Å². The summed E-state index contributed by atoms with van der Waals surface area (Å²) in [7, 11) is 0. The van der Waals surface area contributed by atoms with Gasteiger partial charge in [-0.25, -0.2) is 0 Å². The van der Waals surface area contributed by atoms with Crippen molar-refractivity contribution in [3.8, 4) is 0 Å². The second-order valence-corrected chi connectivity index (χ2v) is 5.30. The first-order valence-electron chi connectivity index (χ1n) is 5.49. The van der Waals surface area contributed by atoms with Gasteiger partial charge in [-0.1, -0.05) is 12.8 Å². The molecule has 15 heavy (non-hydrogen) atoms. The highest BCUT2D eigenvalue weighted by molar-refractivity contribution is 14.0. The summed E-state index contributed by atoms with van der Waals surface area (Å²) < 4.78 is 0. The van der Waals surface area contributed by atoms with Crippen LogP contribution in [0.5, 0.6) is 0 Å². The molecule has 88 valence electrons. The van der Waals surface area contributed by atoms with Crippen LogP contribution in [0, 0.1) is 5.92 Å². The van der Waals surface area contributed by atoms with E-state index < -0.39 is 0 Å². The predicted molar refractivity (Wildman–Crippen MR) is 78.1 cm³/mol. The minimum absolute atomic E-state index is 0. The molecule has 1 aliphatic carbocycles. The van der Waals surface area contributed by atoms with Crippen molar-refractivity contribution in [2.24, 2.45) is 16.6 Å². The highest BCUT2D eigenvalue weighted by Gasteiger charge is 2.20. The number of aliphatic imine (C=N–C) groups is 1. The Hall–Kier alpha value is 0.350. The topological polar surface area (TPSA) is 41.6 Å². The van der Waals surface area contributed by atoms with E-state index in [9.17, 15) is 0 Å². The molecule has 3 nitrogen and oxygen atoms in total. The van der Waals surface area contributed by atoms with Gasteiger partial charge in [-0.3, -0.25) is 4.99 Å². The first kappa shape index (κ1) is 13.4. The van der Waals surface area contributed by atoms with Crippen molar-refractivity contribution in [1.82, 2.24) is 4.90 Å². The molecule has 2 aliphatic rings. The molecule has 0 aromatic heterocycles. The molecule has 2 fully saturated rings. The Morgan fingerprint density at radius 1 is 1.33 bits per heavy atom. The normalized spacial score (nSPS) is 22.4. The second-order valence-electron chi connectivity index (χ2n) is 4.07. The first-order chi connectivity index (χ1) is 6.86. The summed E-state index contributed by atoms with van der Waals surface area (Å²) in [4.78, 5) is 6.65. The molecule has 0 bridgehead atoms. The Labute approximate surface area is 113 Å². The molecular weight excluding hydrogens is 321 g/mol. The minimum Gasteiger partial charge on any atom is -0.370 e. The standard InChI is InChI=1S/C10H19N3S.HI/c11-10(12-4-3-9-1-2-9)13-5-7-14-8-6-13;/h9H,1-8H2,(H2,11,12);1H. The lowest BCUT2D eigenvalue weighted by molar-refractivity contribution is 0.455. The lowest BCUT2D eigenvalue weighted by Gasteiger charge is -2.27. The molecule has 5 heteroatoms. The summed E-state index contributed by atoms with van der Waals surface area (Å²) in [5.74, 6) is 4.12. The lowest BCUT2D eigenvalue weighted by atomic mass is 10.3. The van der Waals surface area contributed by atoms with Crippen LogP contribution in [-0.4, -0.2) is 42.0 Å². The summed E-state index contributed by atoms with van der Waals surface area (Å²) in [5, 5.41) is 0. The number of hydrogen-bond donors (Lipinski definition) is 1. The molecule has 2 rings (SSSR count). The van der Waals surface area contributed by atoms with E-state index in [1.165, 1.54) is 30.8 Å².